The number of anilines is 1. The molecule has 7 nitrogen and oxygen atoms in total. The third kappa shape index (κ3) is 4.44. The van der Waals surface area contributed by atoms with Crippen molar-refractivity contribution < 1.29 is 25.0 Å². The summed E-state index contributed by atoms with van der Waals surface area (Å²) in [5.74, 6) is -1.34. The number of nitrogens with zero attached hydrogens (tertiary/aromatic N) is 2. The maximum Gasteiger partial charge on any atom is 0.339 e. The van der Waals surface area contributed by atoms with Gasteiger partial charge in [0.05, 0.1) is 0 Å². The molecular formula is C19H22N2O5. The van der Waals surface area contributed by atoms with E-state index in [1.54, 1.807) is 0 Å². The summed E-state index contributed by atoms with van der Waals surface area (Å²) in [5.41, 5.74) is 1.89. The number of carboxylic acids is 1. The van der Waals surface area contributed by atoms with Gasteiger partial charge in [0.15, 0.2) is 0 Å². The molecule has 0 aliphatic carbocycles. The number of oxime groups is 1. The van der Waals surface area contributed by atoms with Crippen LogP contribution in [0.4, 0.5) is 5.69 Å². The first-order valence-electron chi connectivity index (χ1n) is 8.25. The van der Waals surface area contributed by atoms with Crippen molar-refractivity contribution >= 4 is 17.4 Å². The number of benzene rings is 2. The lowest BCUT2D eigenvalue weighted by Gasteiger charge is -2.21. The fraction of sp³-hybridized carbons (Fsp3) is 0.263. The molecule has 3 N–H and O–H groups in total. The van der Waals surface area contributed by atoms with Gasteiger partial charge in [0.2, 0.25) is 0 Å². The largest absolute Gasteiger partial charge is 0.507 e. The second-order valence-corrected chi connectivity index (χ2v) is 5.54. The molecule has 2 rings (SSSR count). The Morgan fingerprint density at radius 2 is 1.77 bits per heavy atom. The summed E-state index contributed by atoms with van der Waals surface area (Å²) < 4.78 is 5.49. The lowest BCUT2D eigenvalue weighted by atomic mass is 10.1. The number of hydrogen-bond acceptors (Lipinski definition) is 6. The number of carboxylic acid groups (broad SMARTS) is 1. The van der Waals surface area contributed by atoms with Gasteiger partial charge >= 0.3 is 5.97 Å². The average molecular weight is 358 g/mol. The molecule has 0 fully saturated rings. The Morgan fingerprint density at radius 1 is 1.12 bits per heavy atom. The Kier molecular flexibility index (Phi) is 6.43. The van der Waals surface area contributed by atoms with Crippen molar-refractivity contribution in [2.24, 2.45) is 5.16 Å². The van der Waals surface area contributed by atoms with E-state index in [0.717, 1.165) is 18.8 Å². The topological polar surface area (TPSA) is 103 Å². The molecular weight excluding hydrogens is 336 g/mol. The molecule has 0 aliphatic rings. The van der Waals surface area contributed by atoms with Gasteiger partial charge in [-0.25, -0.2) is 4.79 Å². The highest BCUT2D eigenvalue weighted by molar-refractivity contribution is 6.01. The lowest BCUT2D eigenvalue weighted by molar-refractivity contribution is 0.0693. The number of hydrogen-bond donors (Lipinski definition) is 3. The highest BCUT2D eigenvalue weighted by Crippen LogP contribution is 2.24. The van der Waals surface area contributed by atoms with Crippen molar-refractivity contribution in [1.82, 2.24) is 0 Å². The van der Waals surface area contributed by atoms with E-state index in [0.29, 0.717) is 11.3 Å². The lowest BCUT2D eigenvalue weighted by Crippen LogP contribution is -2.21. The molecule has 0 aliphatic heterocycles. The SMILES string of the molecule is CCN(CC)c1ccc(/C(COc2ccc(C(=O)O)c(O)c2)=N/O)cc1. The zero-order valence-corrected chi connectivity index (χ0v) is 14.7. The van der Waals surface area contributed by atoms with Crippen LogP contribution in [-0.4, -0.2) is 46.8 Å². The first kappa shape index (κ1) is 19.1. The van der Waals surface area contributed by atoms with Crippen molar-refractivity contribution in [1.29, 1.82) is 0 Å². The fourth-order valence-electron chi connectivity index (χ4n) is 2.56. The van der Waals surface area contributed by atoms with Crippen molar-refractivity contribution in [3.8, 4) is 11.5 Å². The zero-order chi connectivity index (χ0) is 19.1. The normalized spacial score (nSPS) is 11.2. The van der Waals surface area contributed by atoms with Gasteiger partial charge in [-0.15, -0.1) is 0 Å². The summed E-state index contributed by atoms with van der Waals surface area (Å²) in [6, 6.07) is 11.5. The monoisotopic (exact) mass is 358 g/mol. The quantitative estimate of drug-likeness (QED) is 0.380. The first-order valence-corrected chi connectivity index (χ1v) is 8.25. The van der Waals surface area contributed by atoms with Crippen LogP contribution in [0, 0.1) is 0 Å². The third-order valence-electron chi connectivity index (χ3n) is 4.02. The summed E-state index contributed by atoms with van der Waals surface area (Å²) in [7, 11) is 0. The number of aromatic hydroxyl groups is 1. The van der Waals surface area contributed by atoms with Crippen molar-refractivity contribution in [2.45, 2.75) is 13.8 Å². The molecule has 0 amide bonds. The molecule has 0 atom stereocenters. The van der Waals surface area contributed by atoms with Gasteiger partial charge in [-0.1, -0.05) is 17.3 Å². The van der Waals surface area contributed by atoms with E-state index in [9.17, 15) is 15.1 Å². The van der Waals surface area contributed by atoms with Gasteiger partial charge < -0.3 is 25.1 Å². The Labute approximate surface area is 151 Å². The van der Waals surface area contributed by atoms with Gasteiger partial charge in [0.1, 0.15) is 29.4 Å². The first-order chi connectivity index (χ1) is 12.5. The molecule has 0 aromatic heterocycles. The maximum absolute atomic E-state index is 10.9. The van der Waals surface area contributed by atoms with Crippen molar-refractivity contribution in [3.05, 3.63) is 53.6 Å². The van der Waals surface area contributed by atoms with Crippen LogP contribution < -0.4 is 9.64 Å². The Hall–Kier alpha value is -3.22. The Balaban J connectivity index is 2.08. The fourth-order valence-corrected chi connectivity index (χ4v) is 2.56. The van der Waals surface area contributed by atoms with E-state index >= 15 is 0 Å². The van der Waals surface area contributed by atoms with Gasteiger partial charge in [-0.3, -0.25) is 0 Å². The van der Waals surface area contributed by atoms with Crippen LogP contribution in [0.5, 0.6) is 11.5 Å². The molecule has 138 valence electrons. The molecule has 0 unspecified atom stereocenters. The van der Waals surface area contributed by atoms with E-state index in [2.05, 4.69) is 23.9 Å². The number of phenols is 1. The minimum Gasteiger partial charge on any atom is -0.507 e. The minimum absolute atomic E-state index is 0.0347. The Morgan fingerprint density at radius 3 is 2.27 bits per heavy atom. The summed E-state index contributed by atoms with van der Waals surface area (Å²) in [6.45, 7) is 5.92. The molecule has 0 bridgehead atoms. The number of carbonyl (C=O) groups is 1. The predicted molar refractivity (Wildman–Crippen MR) is 98.9 cm³/mol. The second kappa shape index (κ2) is 8.75. The number of aromatic carboxylic acids is 1. The van der Waals surface area contributed by atoms with Gasteiger partial charge in [-0.05, 0) is 38.1 Å². The van der Waals surface area contributed by atoms with Crippen LogP contribution in [0.1, 0.15) is 29.8 Å². The van der Waals surface area contributed by atoms with E-state index in [1.165, 1.54) is 18.2 Å². The summed E-state index contributed by atoms with van der Waals surface area (Å²) in [5, 5.41) is 31.1. The van der Waals surface area contributed by atoms with Gasteiger partial charge in [0, 0.05) is 30.4 Å². The molecule has 0 heterocycles. The van der Waals surface area contributed by atoms with Crippen molar-refractivity contribution in [2.75, 3.05) is 24.6 Å². The molecule has 0 saturated carbocycles. The van der Waals surface area contributed by atoms with Crippen LogP contribution in [0.2, 0.25) is 0 Å². The second-order valence-electron chi connectivity index (χ2n) is 5.54. The summed E-state index contributed by atoms with van der Waals surface area (Å²) in [6.07, 6.45) is 0. The average Bonchev–Trinajstić information content (AvgIpc) is 2.64. The van der Waals surface area contributed by atoms with Crippen molar-refractivity contribution in [3.63, 3.8) is 0 Å². The molecule has 2 aromatic rings. The van der Waals surface area contributed by atoms with Gasteiger partial charge in [0.25, 0.3) is 0 Å². The molecule has 26 heavy (non-hydrogen) atoms. The third-order valence-corrected chi connectivity index (χ3v) is 4.02. The van der Waals surface area contributed by atoms with Crippen LogP contribution in [-0.2, 0) is 0 Å². The molecule has 7 heteroatoms. The summed E-state index contributed by atoms with van der Waals surface area (Å²) >= 11 is 0. The van der Waals surface area contributed by atoms with E-state index in [1.807, 2.05) is 24.3 Å². The van der Waals surface area contributed by atoms with Crippen LogP contribution >= 0.6 is 0 Å². The van der Waals surface area contributed by atoms with Crippen LogP contribution in [0.25, 0.3) is 0 Å². The smallest absolute Gasteiger partial charge is 0.339 e. The predicted octanol–water partition coefficient (Wildman–Crippen LogP) is 3.19. The van der Waals surface area contributed by atoms with Crippen LogP contribution in [0.3, 0.4) is 0 Å². The molecule has 0 saturated heterocycles. The van der Waals surface area contributed by atoms with Crippen LogP contribution in [0.15, 0.2) is 47.6 Å². The highest BCUT2D eigenvalue weighted by atomic mass is 16.5. The minimum atomic E-state index is -1.22. The van der Waals surface area contributed by atoms with Gasteiger partial charge in [-0.2, -0.15) is 0 Å². The van der Waals surface area contributed by atoms with E-state index < -0.39 is 5.97 Å². The molecule has 0 spiro atoms. The standard InChI is InChI=1S/C19H22N2O5/c1-3-21(4-2)14-7-5-13(6-8-14)17(20-25)12-26-15-9-10-16(19(23)24)18(22)11-15/h5-11,22,25H,3-4,12H2,1-2H3,(H,23,24)/b20-17+. The number of ether oxygens (including phenoxy) is 1. The Bertz CT molecular complexity index is 783. The van der Waals surface area contributed by atoms with E-state index in [4.69, 9.17) is 9.84 Å². The summed E-state index contributed by atoms with van der Waals surface area (Å²) in [4.78, 5) is 13.1. The zero-order valence-electron chi connectivity index (χ0n) is 14.7. The molecule has 0 radical (unpaired) electrons. The maximum atomic E-state index is 10.9. The highest BCUT2D eigenvalue weighted by Gasteiger charge is 2.12. The number of rotatable bonds is 8. The van der Waals surface area contributed by atoms with E-state index in [-0.39, 0.29) is 23.7 Å². The molecule has 2 aromatic carbocycles.